The molecule has 8 nitrogen and oxygen atoms in total. The normalized spacial score (nSPS) is 24.2. The van der Waals surface area contributed by atoms with Crippen molar-refractivity contribution in [3.8, 4) is 11.5 Å². The van der Waals surface area contributed by atoms with Gasteiger partial charge in [0.2, 0.25) is 0 Å². The lowest BCUT2D eigenvalue weighted by atomic mass is 10.0. The molecule has 1 aromatic rings. The van der Waals surface area contributed by atoms with Crippen molar-refractivity contribution in [1.29, 1.82) is 0 Å². The number of nitrogens with zero attached hydrogens (tertiary/aromatic N) is 1. The molecule has 216 valence electrons. The number of hydrogen-bond acceptors (Lipinski definition) is 6. The topological polar surface area (TPSA) is 103 Å². The van der Waals surface area contributed by atoms with Crippen molar-refractivity contribution < 1.29 is 18.7 Å². The van der Waals surface area contributed by atoms with Crippen molar-refractivity contribution in [2.75, 3.05) is 0 Å². The maximum atomic E-state index is 12.9. The largest absolute Gasteiger partial charge is 0.408 e. The Balaban J connectivity index is 2.68. The monoisotopic (exact) mass is 582 g/mol. The first-order chi connectivity index (χ1) is 17.0. The molecule has 1 aliphatic rings. The van der Waals surface area contributed by atoms with E-state index in [-0.39, 0.29) is 16.5 Å². The first-order valence-electron chi connectivity index (χ1n) is 13.5. The van der Waals surface area contributed by atoms with E-state index >= 15 is 0 Å². The van der Waals surface area contributed by atoms with Gasteiger partial charge in [-0.1, -0.05) is 61.2 Å². The molecule has 2 N–H and O–H groups in total. The summed E-state index contributed by atoms with van der Waals surface area (Å²) in [7, 11) is -6.38. The van der Waals surface area contributed by atoms with Gasteiger partial charge in [-0.05, 0) is 36.3 Å². The number of rotatable bonds is 7. The maximum absolute atomic E-state index is 12.9. The van der Waals surface area contributed by atoms with E-state index in [1.54, 1.807) is 0 Å². The van der Waals surface area contributed by atoms with Gasteiger partial charge in [0.15, 0.2) is 22.9 Å². The van der Waals surface area contributed by atoms with E-state index in [2.05, 4.69) is 104 Å². The third-order valence-electron chi connectivity index (χ3n) is 7.98. The predicted molar refractivity (Wildman–Crippen MR) is 161 cm³/mol. The summed E-state index contributed by atoms with van der Waals surface area (Å²) < 4.78 is 21.7. The van der Waals surface area contributed by atoms with Crippen LogP contribution in [-0.2, 0) is 13.6 Å². The molecule has 1 saturated heterocycles. The minimum absolute atomic E-state index is 0.103. The molecular formula is C27H50N2O6Si3. The standard InChI is InChI=1S/C27H50N2O6Si3/c1-26(2,3)37(10,11)34-22-21(19(30)15-14-18-36(7,8)9)33-24(29-17-16-20(31)28-25(29)32)23(22)35-38(12,13)27(4,5)6/h16-17,19,21-24,30H,15H2,1-13H3,(H,28,31,32)/t19?,21?,22-,23-,24-/m1/s1. The minimum atomic E-state index is -2.39. The molecule has 0 aromatic carbocycles. The summed E-state index contributed by atoms with van der Waals surface area (Å²) >= 11 is 0. The van der Waals surface area contributed by atoms with Gasteiger partial charge in [-0.25, -0.2) is 4.79 Å². The molecule has 11 heteroatoms. The van der Waals surface area contributed by atoms with Gasteiger partial charge in [-0.3, -0.25) is 14.3 Å². The molecular weight excluding hydrogens is 533 g/mol. The maximum Gasteiger partial charge on any atom is 0.330 e. The van der Waals surface area contributed by atoms with Gasteiger partial charge >= 0.3 is 5.69 Å². The van der Waals surface area contributed by atoms with E-state index in [0.29, 0.717) is 0 Å². The average molecular weight is 583 g/mol. The SMILES string of the molecule is CC(C)(C)[Si](C)(C)O[C@@H]1[C@H](O[Si](C)(C)C(C)(C)C)C(C(O)CC#C[Si](C)(C)C)O[C@H]1n1ccc(=O)[nH]c1=O. The minimum Gasteiger partial charge on any atom is -0.408 e. The van der Waals surface area contributed by atoms with Gasteiger partial charge in [0.25, 0.3) is 5.56 Å². The number of aliphatic hydroxyl groups excluding tert-OH is 1. The van der Waals surface area contributed by atoms with Crippen molar-refractivity contribution in [1.82, 2.24) is 9.55 Å². The van der Waals surface area contributed by atoms with Crippen LogP contribution in [0.25, 0.3) is 0 Å². The molecule has 1 aromatic heterocycles. The molecule has 0 saturated carbocycles. The third-order valence-corrected chi connectivity index (χ3v) is 17.9. The van der Waals surface area contributed by atoms with Gasteiger partial charge in [0.1, 0.15) is 26.4 Å². The van der Waals surface area contributed by atoms with Crippen LogP contribution in [0.3, 0.4) is 0 Å². The first-order valence-corrected chi connectivity index (χ1v) is 22.8. The quantitative estimate of drug-likeness (QED) is 0.352. The molecule has 2 rings (SSSR count). The van der Waals surface area contributed by atoms with Crippen LogP contribution >= 0.6 is 0 Å². The van der Waals surface area contributed by atoms with E-state index < -0.39 is 66.6 Å². The molecule has 5 atom stereocenters. The highest BCUT2D eigenvalue weighted by Crippen LogP contribution is 2.46. The molecule has 2 unspecified atom stereocenters. The smallest absolute Gasteiger partial charge is 0.330 e. The highest BCUT2D eigenvalue weighted by molar-refractivity contribution is 6.83. The Hall–Kier alpha value is -1.27. The van der Waals surface area contributed by atoms with Crippen LogP contribution < -0.4 is 11.2 Å². The van der Waals surface area contributed by atoms with E-state index in [1.165, 1.54) is 16.8 Å². The van der Waals surface area contributed by atoms with Crippen LogP contribution in [0, 0.1) is 11.5 Å². The number of hydrogen-bond donors (Lipinski definition) is 2. The van der Waals surface area contributed by atoms with Crippen LogP contribution in [0.15, 0.2) is 21.9 Å². The summed E-state index contributed by atoms with van der Waals surface area (Å²) in [5.41, 5.74) is 2.23. The van der Waals surface area contributed by atoms with Gasteiger partial charge < -0.3 is 18.7 Å². The number of aliphatic hydroxyl groups is 1. The summed E-state index contributed by atoms with van der Waals surface area (Å²) in [6.45, 7) is 28.0. The molecule has 38 heavy (non-hydrogen) atoms. The fourth-order valence-corrected chi connectivity index (χ4v) is 6.88. The molecule has 0 amide bonds. The van der Waals surface area contributed by atoms with Crippen LogP contribution in [0.4, 0.5) is 0 Å². The summed E-state index contributed by atoms with van der Waals surface area (Å²) in [4.78, 5) is 27.1. The Morgan fingerprint density at radius 1 is 0.974 bits per heavy atom. The molecule has 1 aliphatic heterocycles. The Kier molecular flexibility index (Phi) is 9.80. The number of H-pyrrole nitrogens is 1. The average Bonchev–Trinajstić information content (AvgIpc) is 3.02. The predicted octanol–water partition coefficient (Wildman–Crippen LogP) is 4.85. The van der Waals surface area contributed by atoms with Crippen LogP contribution in [0.1, 0.15) is 54.2 Å². The highest BCUT2D eigenvalue weighted by Gasteiger charge is 2.55. The van der Waals surface area contributed by atoms with Gasteiger partial charge in [0.05, 0.1) is 6.10 Å². The zero-order valence-corrected chi connectivity index (χ0v) is 28.7. The van der Waals surface area contributed by atoms with Crippen molar-refractivity contribution in [2.24, 2.45) is 0 Å². The molecule has 1 fully saturated rings. The zero-order chi connectivity index (χ0) is 29.5. The summed E-state index contributed by atoms with van der Waals surface area (Å²) in [6.07, 6.45) is -2.23. The second-order valence-corrected chi connectivity index (χ2v) is 28.8. The molecule has 0 radical (unpaired) electrons. The molecule has 0 bridgehead atoms. The van der Waals surface area contributed by atoms with Crippen molar-refractivity contribution in [3.63, 3.8) is 0 Å². The van der Waals surface area contributed by atoms with E-state index in [4.69, 9.17) is 13.6 Å². The molecule has 0 aliphatic carbocycles. The Bertz CT molecular complexity index is 1150. The third kappa shape index (κ3) is 7.90. The van der Waals surface area contributed by atoms with E-state index in [1.807, 2.05) is 0 Å². The fourth-order valence-electron chi connectivity index (χ4n) is 3.66. The second-order valence-electron chi connectivity index (χ2n) is 14.5. The fraction of sp³-hybridized carbons (Fsp3) is 0.778. The van der Waals surface area contributed by atoms with Crippen LogP contribution in [0.5, 0.6) is 0 Å². The molecule has 0 spiro atoms. The summed E-state index contributed by atoms with van der Waals surface area (Å²) in [5, 5.41) is 11.2. The van der Waals surface area contributed by atoms with Crippen LogP contribution in [0.2, 0.25) is 55.9 Å². The van der Waals surface area contributed by atoms with E-state index in [0.717, 1.165) is 0 Å². The zero-order valence-electron chi connectivity index (χ0n) is 25.7. The lowest BCUT2D eigenvalue weighted by molar-refractivity contribution is -0.0824. The first kappa shape index (κ1) is 32.9. The highest BCUT2D eigenvalue weighted by atomic mass is 28.4. The van der Waals surface area contributed by atoms with Gasteiger partial charge in [-0.2, -0.15) is 0 Å². The Morgan fingerprint density at radius 2 is 1.47 bits per heavy atom. The molecule has 2 heterocycles. The summed E-state index contributed by atoms with van der Waals surface area (Å²) in [5.74, 6) is 3.17. The van der Waals surface area contributed by atoms with Crippen molar-refractivity contribution >= 4 is 24.7 Å². The van der Waals surface area contributed by atoms with Crippen molar-refractivity contribution in [3.05, 3.63) is 33.1 Å². The Morgan fingerprint density at radius 3 is 1.92 bits per heavy atom. The number of aromatic nitrogens is 2. The van der Waals surface area contributed by atoms with Gasteiger partial charge in [0, 0.05) is 18.7 Å². The van der Waals surface area contributed by atoms with Crippen molar-refractivity contribution in [2.45, 2.75) is 135 Å². The number of nitrogens with one attached hydrogen (secondary N) is 1. The number of aromatic amines is 1. The number of ether oxygens (including phenoxy) is 1. The van der Waals surface area contributed by atoms with E-state index in [9.17, 15) is 14.7 Å². The second kappa shape index (κ2) is 11.3. The lowest BCUT2D eigenvalue weighted by Crippen LogP contribution is -2.55. The van der Waals surface area contributed by atoms with Crippen LogP contribution in [-0.4, -0.2) is 63.8 Å². The lowest BCUT2D eigenvalue weighted by Gasteiger charge is -2.44. The Labute approximate surface area is 231 Å². The van der Waals surface area contributed by atoms with Gasteiger partial charge in [-0.15, -0.1) is 11.5 Å². The summed E-state index contributed by atoms with van der Waals surface area (Å²) in [6, 6.07) is 1.29.